The number of fused-ring (bicyclic) bond motifs is 1. The topological polar surface area (TPSA) is 71.6 Å². The van der Waals surface area contributed by atoms with Gasteiger partial charge in [0.1, 0.15) is 0 Å². The Morgan fingerprint density at radius 3 is 2.33 bits per heavy atom. The molecule has 4 rings (SSSR count). The van der Waals surface area contributed by atoms with Crippen molar-refractivity contribution in [2.75, 3.05) is 19.1 Å². The Bertz CT molecular complexity index is 1370. The summed E-state index contributed by atoms with van der Waals surface area (Å²) in [5.74, 6) is 0.757. The van der Waals surface area contributed by atoms with E-state index >= 15 is 0 Å². The lowest BCUT2D eigenvalue weighted by molar-refractivity contribution is 0.0984. The Hall–Kier alpha value is -4.06. The molecule has 0 radical (unpaired) electrons. The van der Waals surface area contributed by atoms with E-state index in [1.807, 2.05) is 62.4 Å². The number of pyridine rings is 1. The number of carbonyl (C=O) groups is 1. The third-order valence-corrected chi connectivity index (χ3v) is 5.71. The molecule has 0 spiro atoms. The standard InChI is InChI=1S/C27H26N2O4/c1-17-8-11-22(12-9-17)29(27(31)20-10-13-23(32-3)24(15-20)33-4)16-21-14-19-7-5-6-18(2)25(19)28-26(21)30/h5-15H,16H2,1-4H3,(H,28,30). The number of carbonyl (C=O) groups excluding carboxylic acids is 1. The normalized spacial score (nSPS) is 10.8. The molecule has 1 amide bonds. The van der Waals surface area contributed by atoms with Crippen LogP contribution in [0.25, 0.3) is 10.9 Å². The molecule has 1 heterocycles. The first-order chi connectivity index (χ1) is 15.9. The van der Waals surface area contributed by atoms with Gasteiger partial charge in [-0.2, -0.15) is 0 Å². The number of aromatic amines is 1. The molecule has 0 aliphatic carbocycles. The van der Waals surface area contributed by atoms with Gasteiger partial charge in [0.05, 0.1) is 26.3 Å². The number of amides is 1. The van der Waals surface area contributed by atoms with Gasteiger partial charge < -0.3 is 19.4 Å². The Labute approximate surface area is 192 Å². The Morgan fingerprint density at radius 1 is 0.909 bits per heavy atom. The average molecular weight is 443 g/mol. The third kappa shape index (κ3) is 4.46. The fourth-order valence-corrected chi connectivity index (χ4v) is 3.85. The van der Waals surface area contributed by atoms with Crippen LogP contribution in [-0.2, 0) is 6.54 Å². The fraction of sp³-hybridized carbons (Fsp3) is 0.185. The first-order valence-corrected chi connectivity index (χ1v) is 10.6. The van der Waals surface area contributed by atoms with Crippen LogP contribution in [0.5, 0.6) is 11.5 Å². The number of ether oxygens (including phenoxy) is 2. The highest BCUT2D eigenvalue weighted by molar-refractivity contribution is 6.06. The summed E-state index contributed by atoms with van der Waals surface area (Å²) in [7, 11) is 3.08. The lowest BCUT2D eigenvalue weighted by atomic mass is 10.1. The molecule has 0 fully saturated rings. The van der Waals surface area contributed by atoms with Gasteiger partial charge in [-0.25, -0.2) is 0 Å². The van der Waals surface area contributed by atoms with Crippen LogP contribution in [0, 0.1) is 13.8 Å². The number of methoxy groups -OCH3 is 2. The molecular formula is C27H26N2O4. The van der Waals surface area contributed by atoms with Crippen molar-refractivity contribution >= 4 is 22.5 Å². The number of anilines is 1. The van der Waals surface area contributed by atoms with Crippen LogP contribution in [0.3, 0.4) is 0 Å². The Kier molecular flexibility index (Phi) is 6.18. The van der Waals surface area contributed by atoms with Crippen molar-refractivity contribution in [3.63, 3.8) is 0 Å². The second-order valence-corrected chi connectivity index (χ2v) is 7.96. The molecule has 6 heteroatoms. The van der Waals surface area contributed by atoms with Crippen molar-refractivity contribution in [1.29, 1.82) is 0 Å². The van der Waals surface area contributed by atoms with Crippen molar-refractivity contribution in [1.82, 2.24) is 4.98 Å². The van der Waals surface area contributed by atoms with Crippen molar-refractivity contribution in [2.45, 2.75) is 20.4 Å². The lowest BCUT2D eigenvalue weighted by Crippen LogP contribution is -2.33. The second-order valence-electron chi connectivity index (χ2n) is 7.96. The third-order valence-electron chi connectivity index (χ3n) is 5.71. The summed E-state index contributed by atoms with van der Waals surface area (Å²) >= 11 is 0. The molecule has 0 saturated carbocycles. The predicted molar refractivity (Wildman–Crippen MR) is 131 cm³/mol. The number of benzene rings is 3. The zero-order valence-corrected chi connectivity index (χ0v) is 19.1. The summed E-state index contributed by atoms with van der Waals surface area (Å²) in [6, 6.07) is 20.4. The summed E-state index contributed by atoms with van der Waals surface area (Å²) in [5.41, 5.74) is 4.30. The number of hydrogen-bond acceptors (Lipinski definition) is 4. The number of rotatable bonds is 6. The van der Waals surface area contributed by atoms with E-state index in [2.05, 4.69) is 4.98 Å². The molecule has 168 valence electrons. The minimum absolute atomic E-state index is 0.120. The highest BCUT2D eigenvalue weighted by Crippen LogP contribution is 2.29. The van der Waals surface area contributed by atoms with Crippen LogP contribution in [0.4, 0.5) is 5.69 Å². The molecule has 3 aromatic carbocycles. The van der Waals surface area contributed by atoms with Gasteiger partial charge >= 0.3 is 0 Å². The molecule has 4 aromatic rings. The number of hydrogen-bond donors (Lipinski definition) is 1. The monoisotopic (exact) mass is 442 g/mol. The molecule has 0 aliphatic rings. The molecule has 0 aliphatic heterocycles. The summed E-state index contributed by atoms with van der Waals surface area (Å²) in [5, 5.41) is 0.923. The van der Waals surface area contributed by atoms with E-state index in [0.29, 0.717) is 28.3 Å². The van der Waals surface area contributed by atoms with Gasteiger partial charge in [-0.05, 0) is 61.2 Å². The van der Waals surface area contributed by atoms with Gasteiger partial charge in [0, 0.05) is 16.8 Å². The van der Waals surface area contributed by atoms with Crippen LogP contribution in [-0.4, -0.2) is 25.1 Å². The molecule has 1 N–H and O–H groups in total. The first-order valence-electron chi connectivity index (χ1n) is 10.6. The fourth-order valence-electron chi connectivity index (χ4n) is 3.85. The summed E-state index contributed by atoms with van der Waals surface area (Å²) < 4.78 is 10.7. The van der Waals surface area contributed by atoms with Crippen molar-refractivity contribution in [3.8, 4) is 11.5 Å². The minimum atomic E-state index is -0.247. The van der Waals surface area contributed by atoms with Gasteiger partial charge in [-0.3, -0.25) is 9.59 Å². The van der Waals surface area contributed by atoms with Gasteiger partial charge in [-0.15, -0.1) is 0 Å². The van der Waals surface area contributed by atoms with E-state index < -0.39 is 0 Å². The van der Waals surface area contributed by atoms with E-state index in [1.165, 1.54) is 7.11 Å². The number of H-pyrrole nitrogens is 1. The van der Waals surface area contributed by atoms with Crippen molar-refractivity contribution < 1.29 is 14.3 Å². The highest BCUT2D eigenvalue weighted by atomic mass is 16.5. The van der Waals surface area contributed by atoms with Crippen molar-refractivity contribution in [3.05, 3.63) is 99.3 Å². The Balaban J connectivity index is 1.79. The summed E-state index contributed by atoms with van der Waals surface area (Å²) in [6.45, 7) is 4.06. The average Bonchev–Trinajstić information content (AvgIpc) is 2.83. The smallest absolute Gasteiger partial charge is 0.258 e. The maximum absolute atomic E-state index is 13.6. The molecule has 33 heavy (non-hydrogen) atoms. The van der Waals surface area contributed by atoms with E-state index in [4.69, 9.17) is 9.47 Å². The highest BCUT2D eigenvalue weighted by Gasteiger charge is 2.21. The molecule has 1 aromatic heterocycles. The predicted octanol–water partition coefficient (Wildman–Crippen LogP) is 5.01. The lowest BCUT2D eigenvalue weighted by Gasteiger charge is -2.24. The number of aryl methyl sites for hydroxylation is 2. The summed E-state index contributed by atoms with van der Waals surface area (Å²) in [6.07, 6.45) is 0. The zero-order chi connectivity index (χ0) is 23.5. The molecule has 0 saturated heterocycles. The molecular weight excluding hydrogens is 416 g/mol. The van der Waals surface area contributed by atoms with Gasteiger partial charge in [-0.1, -0.05) is 35.9 Å². The van der Waals surface area contributed by atoms with Crippen LogP contribution in [0.2, 0.25) is 0 Å². The quantitative estimate of drug-likeness (QED) is 0.456. The number of aromatic nitrogens is 1. The molecule has 6 nitrogen and oxygen atoms in total. The second kappa shape index (κ2) is 9.20. The van der Waals surface area contributed by atoms with Crippen LogP contribution < -0.4 is 19.9 Å². The largest absolute Gasteiger partial charge is 0.493 e. The van der Waals surface area contributed by atoms with E-state index in [-0.39, 0.29) is 18.0 Å². The molecule has 0 unspecified atom stereocenters. The van der Waals surface area contributed by atoms with Gasteiger partial charge in [0.2, 0.25) is 0 Å². The number of para-hydroxylation sites is 1. The first kappa shape index (κ1) is 22.1. The van der Waals surface area contributed by atoms with E-state index in [0.717, 1.165) is 22.0 Å². The van der Waals surface area contributed by atoms with E-state index in [1.54, 1.807) is 30.2 Å². The van der Waals surface area contributed by atoms with Crippen LogP contribution in [0.15, 0.2) is 71.5 Å². The zero-order valence-electron chi connectivity index (χ0n) is 19.1. The maximum atomic E-state index is 13.6. The van der Waals surface area contributed by atoms with Crippen LogP contribution in [0.1, 0.15) is 27.0 Å². The molecule has 0 atom stereocenters. The maximum Gasteiger partial charge on any atom is 0.258 e. The SMILES string of the molecule is COc1ccc(C(=O)N(Cc2cc3cccc(C)c3[nH]c2=O)c2ccc(C)cc2)cc1OC. The van der Waals surface area contributed by atoms with E-state index in [9.17, 15) is 9.59 Å². The van der Waals surface area contributed by atoms with Gasteiger partial charge in [0.25, 0.3) is 11.5 Å². The van der Waals surface area contributed by atoms with Gasteiger partial charge in [0.15, 0.2) is 11.5 Å². The molecule has 0 bridgehead atoms. The number of nitrogens with zero attached hydrogens (tertiary/aromatic N) is 1. The van der Waals surface area contributed by atoms with Crippen molar-refractivity contribution in [2.24, 2.45) is 0 Å². The summed E-state index contributed by atoms with van der Waals surface area (Å²) in [4.78, 5) is 31.1. The Morgan fingerprint density at radius 2 is 1.64 bits per heavy atom. The minimum Gasteiger partial charge on any atom is -0.493 e. The number of nitrogens with one attached hydrogen (secondary N) is 1. The van der Waals surface area contributed by atoms with Crippen LogP contribution >= 0.6 is 0 Å².